The predicted molar refractivity (Wildman–Crippen MR) is 86.4 cm³/mol. The maximum absolute atomic E-state index is 12.4. The van der Waals surface area contributed by atoms with E-state index in [-0.39, 0.29) is 16.8 Å². The summed E-state index contributed by atoms with van der Waals surface area (Å²) in [4.78, 5) is 4.17. The summed E-state index contributed by atoms with van der Waals surface area (Å²) < 4.78 is 27.8. The SMILES string of the molecule is CCC(N)c1cccc(S(=O)(=O)Nc2ncccc2Br)c1. The number of anilines is 1. The van der Waals surface area contributed by atoms with Crippen LogP contribution in [0.15, 0.2) is 52.0 Å². The van der Waals surface area contributed by atoms with Gasteiger partial charge in [0.1, 0.15) is 0 Å². The Morgan fingerprint density at radius 3 is 2.76 bits per heavy atom. The van der Waals surface area contributed by atoms with Gasteiger partial charge >= 0.3 is 0 Å². The Kier molecular flexibility index (Phi) is 4.97. The van der Waals surface area contributed by atoms with Crippen molar-refractivity contribution in [3.8, 4) is 0 Å². The van der Waals surface area contributed by atoms with Crippen LogP contribution in [0.25, 0.3) is 0 Å². The van der Waals surface area contributed by atoms with Gasteiger partial charge in [0.2, 0.25) is 0 Å². The highest BCUT2D eigenvalue weighted by Crippen LogP contribution is 2.23. The van der Waals surface area contributed by atoms with Crippen LogP contribution in [0.5, 0.6) is 0 Å². The Bertz CT molecular complexity index is 735. The zero-order chi connectivity index (χ0) is 15.5. The van der Waals surface area contributed by atoms with Gasteiger partial charge in [-0.2, -0.15) is 0 Å². The molecule has 21 heavy (non-hydrogen) atoms. The summed E-state index contributed by atoms with van der Waals surface area (Å²) in [5.41, 5.74) is 6.74. The van der Waals surface area contributed by atoms with E-state index in [1.165, 1.54) is 12.3 Å². The number of sulfonamides is 1. The number of nitrogens with one attached hydrogen (secondary N) is 1. The highest BCUT2D eigenvalue weighted by atomic mass is 79.9. The fourth-order valence-electron chi connectivity index (χ4n) is 1.80. The third kappa shape index (κ3) is 3.81. The smallest absolute Gasteiger partial charge is 0.263 e. The highest BCUT2D eigenvalue weighted by Gasteiger charge is 2.17. The molecule has 2 rings (SSSR count). The van der Waals surface area contributed by atoms with Crippen molar-refractivity contribution >= 4 is 31.8 Å². The highest BCUT2D eigenvalue weighted by molar-refractivity contribution is 9.10. The van der Waals surface area contributed by atoms with Crippen molar-refractivity contribution in [2.45, 2.75) is 24.3 Å². The van der Waals surface area contributed by atoms with Crippen LogP contribution in [0.3, 0.4) is 0 Å². The normalized spacial score (nSPS) is 12.9. The summed E-state index contributed by atoms with van der Waals surface area (Å²) in [6, 6.07) is 9.88. The van der Waals surface area contributed by atoms with Crippen LogP contribution in [0, 0.1) is 0 Å². The van der Waals surface area contributed by atoms with Gasteiger partial charge in [-0.3, -0.25) is 4.72 Å². The maximum atomic E-state index is 12.4. The molecular formula is C14H16BrN3O2S. The molecule has 3 N–H and O–H groups in total. The molecule has 0 radical (unpaired) electrons. The van der Waals surface area contributed by atoms with Gasteiger partial charge in [-0.25, -0.2) is 13.4 Å². The van der Waals surface area contributed by atoms with Crippen molar-refractivity contribution in [1.82, 2.24) is 4.98 Å². The van der Waals surface area contributed by atoms with E-state index in [2.05, 4.69) is 25.6 Å². The number of aromatic nitrogens is 1. The van der Waals surface area contributed by atoms with Crippen molar-refractivity contribution in [2.24, 2.45) is 5.73 Å². The maximum Gasteiger partial charge on any atom is 0.263 e. The number of rotatable bonds is 5. The molecule has 0 fully saturated rings. The molecule has 0 aliphatic rings. The van der Waals surface area contributed by atoms with E-state index in [4.69, 9.17) is 5.73 Å². The van der Waals surface area contributed by atoms with Crippen molar-refractivity contribution in [2.75, 3.05) is 4.72 Å². The first-order chi connectivity index (χ1) is 9.94. The molecular weight excluding hydrogens is 354 g/mol. The number of hydrogen-bond donors (Lipinski definition) is 2. The van der Waals surface area contributed by atoms with Gasteiger partial charge < -0.3 is 5.73 Å². The van der Waals surface area contributed by atoms with Gasteiger partial charge in [-0.15, -0.1) is 0 Å². The first-order valence-electron chi connectivity index (χ1n) is 6.43. The molecule has 7 heteroatoms. The molecule has 1 aromatic heterocycles. The minimum Gasteiger partial charge on any atom is -0.324 e. The minimum absolute atomic E-state index is 0.168. The zero-order valence-corrected chi connectivity index (χ0v) is 13.9. The van der Waals surface area contributed by atoms with Crippen LogP contribution in [-0.4, -0.2) is 13.4 Å². The Labute approximate surface area is 132 Å². The second-order valence-corrected chi connectivity index (χ2v) is 7.06. The lowest BCUT2D eigenvalue weighted by atomic mass is 10.1. The number of hydrogen-bond acceptors (Lipinski definition) is 4. The minimum atomic E-state index is -3.70. The Morgan fingerprint density at radius 1 is 1.33 bits per heavy atom. The summed E-state index contributed by atoms with van der Waals surface area (Å²) in [5.74, 6) is 0.252. The van der Waals surface area contributed by atoms with Crippen molar-refractivity contribution in [1.29, 1.82) is 0 Å². The third-order valence-corrected chi connectivity index (χ3v) is 5.00. The predicted octanol–water partition coefficient (Wildman–Crippen LogP) is 3.05. The first-order valence-corrected chi connectivity index (χ1v) is 8.70. The van der Waals surface area contributed by atoms with Gasteiger partial charge in [-0.05, 0) is 52.2 Å². The van der Waals surface area contributed by atoms with E-state index in [0.717, 1.165) is 12.0 Å². The molecule has 0 aliphatic carbocycles. The van der Waals surface area contributed by atoms with Gasteiger partial charge in [-0.1, -0.05) is 19.1 Å². The second-order valence-electron chi connectivity index (χ2n) is 4.53. The number of halogens is 1. The van der Waals surface area contributed by atoms with Crippen LogP contribution < -0.4 is 10.5 Å². The number of pyridine rings is 1. The molecule has 1 heterocycles. The summed E-state index contributed by atoms with van der Waals surface area (Å²) >= 11 is 3.26. The first kappa shape index (κ1) is 15.9. The fourth-order valence-corrected chi connectivity index (χ4v) is 3.36. The quantitative estimate of drug-likeness (QED) is 0.847. The summed E-state index contributed by atoms with van der Waals surface area (Å²) in [6.07, 6.45) is 2.26. The van der Waals surface area contributed by atoms with E-state index in [1.54, 1.807) is 24.3 Å². The van der Waals surface area contributed by atoms with Gasteiger partial charge in [0.25, 0.3) is 10.0 Å². The Balaban J connectivity index is 2.34. The van der Waals surface area contributed by atoms with E-state index in [9.17, 15) is 8.42 Å². The summed E-state index contributed by atoms with van der Waals surface area (Å²) in [7, 11) is -3.70. The molecule has 0 saturated heterocycles. The van der Waals surface area contributed by atoms with Crippen molar-refractivity contribution < 1.29 is 8.42 Å². The molecule has 0 aliphatic heterocycles. The zero-order valence-electron chi connectivity index (χ0n) is 11.5. The molecule has 1 aromatic carbocycles. The largest absolute Gasteiger partial charge is 0.324 e. The van der Waals surface area contributed by atoms with Crippen LogP contribution >= 0.6 is 15.9 Å². The lowest BCUT2D eigenvalue weighted by Crippen LogP contribution is -2.15. The number of nitrogens with zero attached hydrogens (tertiary/aromatic N) is 1. The topological polar surface area (TPSA) is 85.1 Å². The van der Waals surface area contributed by atoms with E-state index < -0.39 is 10.0 Å². The number of nitrogens with two attached hydrogens (primary N) is 1. The van der Waals surface area contributed by atoms with Crippen LogP contribution in [0.2, 0.25) is 0 Å². The molecule has 0 amide bonds. The van der Waals surface area contributed by atoms with E-state index in [0.29, 0.717) is 4.47 Å². The lowest BCUT2D eigenvalue weighted by molar-refractivity contribution is 0.600. The van der Waals surface area contributed by atoms with Crippen LogP contribution in [-0.2, 0) is 10.0 Å². The molecule has 0 bridgehead atoms. The standard InChI is InChI=1S/C14H16BrN3O2S/c1-2-13(16)10-5-3-6-11(9-10)21(19,20)18-14-12(15)7-4-8-17-14/h3-9,13H,2,16H2,1H3,(H,17,18). The van der Waals surface area contributed by atoms with E-state index in [1.807, 2.05) is 13.0 Å². The second kappa shape index (κ2) is 6.55. The fraction of sp³-hybridized carbons (Fsp3) is 0.214. The Morgan fingerprint density at radius 2 is 2.10 bits per heavy atom. The van der Waals surface area contributed by atoms with Crippen molar-refractivity contribution in [3.63, 3.8) is 0 Å². The molecule has 1 atom stereocenters. The van der Waals surface area contributed by atoms with Crippen molar-refractivity contribution in [3.05, 3.63) is 52.6 Å². The lowest BCUT2D eigenvalue weighted by Gasteiger charge is -2.12. The average molecular weight is 370 g/mol. The monoisotopic (exact) mass is 369 g/mol. The van der Waals surface area contributed by atoms with Gasteiger partial charge in [0.15, 0.2) is 5.82 Å². The van der Waals surface area contributed by atoms with Crippen LogP contribution in [0.4, 0.5) is 5.82 Å². The third-order valence-electron chi connectivity index (χ3n) is 3.03. The van der Waals surface area contributed by atoms with Crippen LogP contribution in [0.1, 0.15) is 24.9 Å². The van der Waals surface area contributed by atoms with Gasteiger partial charge in [0, 0.05) is 12.2 Å². The molecule has 2 aromatic rings. The number of benzene rings is 1. The molecule has 1 unspecified atom stereocenters. The average Bonchev–Trinajstić information content (AvgIpc) is 2.49. The summed E-state index contributed by atoms with van der Waals surface area (Å²) in [6.45, 7) is 1.95. The molecule has 112 valence electrons. The van der Waals surface area contributed by atoms with Gasteiger partial charge in [0.05, 0.1) is 9.37 Å². The molecule has 0 saturated carbocycles. The molecule has 0 spiro atoms. The molecule has 5 nitrogen and oxygen atoms in total. The Hall–Kier alpha value is -1.44. The summed E-state index contributed by atoms with van der Waals surface area (Å²) in [5, 5.41) is 0. The van der Waals surface area contributed by atoms with E-state index >= 15 is 0 Å².